The third-order valence-corrected chi connectivity index (χ3v) is 11.9. The minimum Gasteiger partial charge on any atom is -0.410 e. The summed E-state index contributed by atoms with van der Waals surface area (Å²) in [4.78, 5) is 0. The van der Waals surface area contributed by atoms with Gasteiger partial charge < -0.3 is 9.53 Å². The van der Waals surface area contributed by atoms with Gasteiger partial charge in [-0.05, 0) is 61.2 Å². The van der Waals surface area contributed by atoms with E-state index in [9.17, 15) is 5.11 Å². The summed E-state index contributed by atoms with van der Waals surface area (Å²) >= 11 is 0. The Morgan fingerprint density at radius 3 is 2.40 bits per heavy atom. The molecule has 2 rings (SSSR count). The van der Waals surface area contributed by atoms with Crippen molar-refractivity contribution in [3.8, 4) is 0 Å². The van der Waals surface area contributed by atoms with Crippen LogP contribution in [-0.2, 0) is 4.43 Å². The Hall–Kier alpha value is -0.643. The molecule has 2 aliphatic carbocycles. The standard InChI is InChI=1S/C22H38O2Si/c1-17-9-13-22(14-10-17,15-16-23)21(6)12-11-19(18(21)2)24-25(7,8)20(3,4)5/h9,13,19,23H,1-2,10-12,14-16H2,3-8H3/t19?,21-,22+/m0/s1. The highest BCUT2D eigenvalue weighted by molar-refractivity contribution is 6.74. The second-order valence-corrected chi connectivity index (χ2v) is 14.6. The zero-order valence-corrected chi connectivity index (χ0v) is 18.2. The highest BCUT2D eigenvalue weighted by Gasteiger charge is 2.54. The summed E-state index contributed by atoms with van der Waals surface area (Å²) in [6.45, 7) is 22.7. The molecule has 1 fully saturated rings. The molecule has 0 aromatic rings. The topological polar surface area (TPSA) is 29.5 Å². The van der Waals surface area contributed by atoms with Crippen molar-refractivity contribution >= 4 is 8.32 Å². The van der Waals surface area contributed by atoms with E-state index in [1.165, 1.54) is 11.1 Å². The molecular weight excluding hydrogens is 324 g/mol. The smallest absolute Gasteiger partial charge is 0.192 e. The predicted molar refractivity (Wildman–Crippen MR) is 110 cm³/mol. The predicted octanol–water partition coefficient (Wildman–Crippen LogP) is 6.01. The first-order valence-electron chi connectivity index (χ1n) is 9.73. The van der Waals surface area contributed by atoms with Gasteiger partial charge in [0.1, 0.15) is 0 Å². The molecule has 0 spiro atoms. The van der Waals surface area contributed by atoms with E-state index < -0.39 is 8.32 Å². The lowest BCUT2D eigenvalue weighted by atomic mass is 9.56. The number of rotatable bonds is 5. The first-order valence-corrected chi connectivity index (χ1v) is 12.6. The molecule has 2 nitrogen and oxygen atoms in total. The van der Waals surface area contributed by atoms with Gasteiger partial charge in [-0.25, -0.2) is 0 Å². The Morgan fingerprint density at radius 2 is 1.92 bits per heavy atom. The lowest BCUT2D eigenvalue weighted by Gasteiger charge is -2.48. The van der Waals surface area contributed by atoms with Crippen LogP contribution in [0.4, 0.5) is 0 Å². The Morgan fingerprint density at radius 1 is 1.28 bits per heavy atom. The van der Waals surface area contributed by atoms with Crippen LogP contribution in [0.15, 0.2) is 36.5 Å². The van der Waals surface area contributed by atoms with Gasteiger partial charge in [-0.3, -0.25) is 0 Å². The van der Waals surface area contributed by atoms with Crippen molar-refractivity contribution in [1.29, 1.82) is 0 Å². The van der Waals surface area contributed by atoms with Crippen LogP contribution in [0.25, 0.3) is 0 Å². The van der Waals surface area contributed by atoms with E-state index in [1.807, 2.05) is 0 Å². The average Bonchev–Trinajstić information content (AvgIpc) is 2.78. The molecule has 1 N–H and O–H groups in total. The molecule has 0 aromatic heterocycles. The van der Waals surface area contributed by atoms with Crippen molar-refractivity contribution in [3.05, 3.63) is 36.5 Å². The Bertz CT molecular complexity index is 569. The fourth-order valence-corrected chi connectivity index (χ4v) is 5.64. The highest BCUT2D eigenvalue weighted by atomic mass is 28.4. The van der Waals surface area contributed by atoms with Crippen LogP contribution in [0.1, 0.15) is 59.8 Å². The molecule has 25 heavy (non-hydrogen) atoms. The van der Waals surface area contributed by atoms with Crippen molar-refractivity contribution in [3.63, 3.8) is 0 Å². The van der Waals surface area contributed by atoms with Crippen molar-refractivity contribution in [2.24, 2.45) is 10.8 Å². The average molecular weight is 363 g/mol. The third-order valence-electron chi connectivity index (χ3n) is 7.43. The van der Waals surface area contributed by atoms with Gasteiger partial charge in [-0.1, -0.05) is 58.6 Å². The van der Waals surface area contributed by atoms with Gasteiger partial charge in [0.2, 0.25) is 0 Å². The van der Waals surface area contributed by atoms with Gasteiger partial charge in [0.15, 0.2) is 8.32 Å². The fourth-order valence-electron chi connectivity index (χ4n) is 4.31. The largest absolute Gasteiger partial charge is 0.410 e. The molecule has 0 radical (unpaired) electrons. The summed E-state index contributed by atoms with van der Waals surface area (Å²) in [5, 5.41) is 9.97. The summed E-state index contributed by atoms with van der Waals surface area (Å²) in [5.74, 6) is 0. The Balaban J connectivity index is 2.29. The van der Waals surface area contributed by atoms with Crippen molar-refractivity contribution < 1.29 is 9.53 Å². The molecule has 0 heterocycles. The molecule has 0 aromatic carbocycles. The molecule has 1 unspecified atom stereocenters. The van der Waals surface area contributed by atoms with Crippen LogP contribution in [0, 0.1) is 10.8 Å². The number of hydrogen-bond donors (Lipinski definition) is 1. The van der Waals surface area contributed by atoms with E-state index in [4.69, 9.17) is 4.43 Å². The number of aliphatic hydroxyl groups excluding tert-OH is 1. The highest BCUT2D eigenvalue weighted by Crippen LogP contribution is 2.60. The number of aliphatic hydroxyl groups is 1. The van der Waals surface area contributed by atoms with E-state index in [2.05, 4.69) is 66.1 Å². The van der Waals surface area contributed by atoms with E-state index in [0.717, 1.165) is 32.1 Å². The molecular formula is C22H38O2Si. The minimum atomic E-state index is -1.82. The van der Waals surface area contributed by atoms with Gasteiger partial charge in [0.25, 0.3) is 0 Å². The van der Waals surface area contributed by atoms with Crippen molar-refractivity contribution in [2.45, 2.75) is 84.0 Å². The lowest BCUT2D eigenvalue weighted by Crippen LogP contribution is -2.45. The quantitative estimate of drug-likeness (QED) is 0.479. The second-order valence-electron chi connectivity index (χ2n) is 9.88. The van der Waals surface area contributed by atoms with Crippen LogP contribution in [0.2, 0.25) is 18.1 Å². The third kappa shape index (κ3) is 3.61. The van der Waals surface area contributed by atoms with Crippen LogP contribution in [0.5, 0.6) is 0 Å². The van der Waals surface area contributed by atoms with Crippen molar-refractivity contribution in [1.82, 2.24) is 0 Å². The van der Waals surface area contributed by atoms with Gasteiger partial charge >= 0.3 is 0 Å². The van der Waals surface area contributed by atoms with Gasteiger partial charge in [0, 0.05) is 12.0 Å². The van der Waals surface area contributed by atoms with Crippen LogP contribution in [-0.4, -0.2) is 26.1 Å². The summed E-state index contributed by atoms with van der Waals surface area (Å²) < 4.78 is 6.74. The molecule has 3 heteroatoms. The van der Waals surface area contributed by atoms with Crippen LogP contribution in [0.3, 0.4) is 0 Å². The first kappa shape index (κ1) is 20.7. The van der Waals surface area contributed by atoms with Gasteiger partial charge in [-0.15, -0.1) is 0 Å². The van der Waals surface area contributed by atoms with E-state index >= 15 is 0 Å². The maximum Gasteiger partial charge on any atom is 0.192 e. The monoisotopic (exact) mass is 362 g/mol. The first-order chi connectivity index (χ1) is 11.4. The second kappa shape index (κ2) is 6.83. The van der Waals surface area contributed by atoms with Crippen LogP contribution >= 0.6 is 0 Å². The van der Waals surface area contributed by atoms with E-state index in [1.54, 1.807) is 0 Å². The number of hydrogen-bond acceptors (Lipinski definition) is 2. The maximum atomic E-state index is 9.76. The zero-order chi connectivity index (χ0) is 19.1. The summed E-state index contributed by atoms with van der Waals surface area (Å²) in [5.41, 5.74) is 2.39. The molecule has 0 saturated heterocycles. The number of allylic oxidation sites excluding steroid dienone is 3. The molecule has 3 atom stereocenters. The van der Waals surface area contributed by atoms with Crippen LogP contribution < -0.4 is 0 Å². The minimum absolute atomic E-state index is 0.0139. The Labute approximate surface area is 156 Å². The molecule has 2 aliphatic rings. The molecule has 0 aliphatic heterocycles. The Kier molecular flexibility index (Phi) is 5.64. The molecule has 0 amide bonds. The fraction of sp³-hybridized carbons (Fsp3) is 0.727. The van der Waals surface area contributed by atoms with Gasteiger partial charge in [0.05, 0.1) is 6.10 Å². The normalized spacial score (nSPS) is 34.0. The molecule has 0 bridgehead atoms. The molecule has 142 valence electrons. The van der Waals surface area contributed by atoms with Crippen molar-refractivity contribution in [2.75, 3.05) is 6.61 Å². The molecule has 1 saturated carbocycles. The maximum absolute atomic E-state index is 9.76. The summed E-state index contributed by atoms with van der Waals surface area (Å²) in [6, 6.07) is 0. The SMILES string of the molecule is C=C1C=C[C@@](CCO)([C@@]2(C)CCC(O[Si](C)(C)C(C)(C)C)C2=C)CC1. The van der Waals surface area contributed by atoms with E-state index in [0.29, 0.717) is 0 Å². The zero-order valence-electron chi connectivity index (χ0n) is 17.2. The van der Waals surface area contributed by atoms with Gasteiger partial charge in [-0.2, -0.15) is 0 Å². The lowest BCUT2D eigenvalue weighted by molar-refractivity contribution is 0.0897. The summed E-state index contributed by atoms with van der Waals surface area (Å²) in [7, 11) is -1.82. The van der Waals surface area contributed by atoms with E-state index in [-0.39, 0.29) is 28.6 Å². The summed E-state index contributed by atoms with van der Waals surface area (Å²) in [6.07, 6.45) is 9.61.